The fourth-order valence-electron chi connectivity index (χ4n) is 1.53. The minimum absolute atomic E-state index is 0.345. The highest BCUT2D eigenvalue weighted by molar-refractivity contribution is 5.33. The number of hydrogen-bond acceptors (Lipinski definition) is 1. The zero-order valence-corrected chi connectivity index (χ0v) is 10.6. The Morgan fingerprint density at radius 2 is 1.83 bits per heavy atom. The van der Waals surface area contributed by atoms with Crippen molar-refractivity contribution < 1.29 is 8.78 Å². The van der Waals surface area contributed by atoms with Crippen molar-refractivity contribution in [3.63, 3.8) is 0 Å². The third-order valence-electron chi connectivity index (χ3n) is 3.02. The number of benzene rings is 1. The maximum absolute atomic E-state index is 12.9. The van der Waals surface area contributed by atoms with Crippen LogP contribution in [0.2, 0.25) is 0 Å². The van der Waals surface area contributed by atoms with Gasteiger partial charge in [-0.25, -0.2) is 13.5 Å². The molecule has 2 aromatic rings. The summed E-state index contributed by atoms with van der Waals surface area (Å²) in [6.45, 7) is 4.95. The molecule has 0 aliphatic carbocycles. The molecule has 0 spiro atoms. The van der Waals surface area contributed by atoms with E-state index >= 15 is 0 Å². The highest BCUT2D eigenvalue weighted by atomic mass is 19.3. The van der Waals surface area contributed by atoms with E-state index in [1.54, 1.807) is 0 Å². The molecule has 0 amide bonds. The lowest BCUT2D eigenvalue weighted by molar-refractivity contribution is 0.0669. The minimum atomic E-state index is -2.45. The SMILES string of the molecule is Cc1ccc(-n2[c]cc(C(C)(C)C(F)F)n2)cc1. The second-order valence-electron chi connectivity index (χ2n) is 4.93. The van der Waals surface area contributed by atoms with Crippen molar-refractivity contribution in [3.8, 4) is 5.69 Å². The predicted octanol–water partition coefficient (Wildman–Crippen LogP) is 3.52. The molecule has 95 valence electrons. The molecule has 18 heavy (non-hydrogen) atoms. The van der Waals surface area contributed by atoms with Crippen LogP contribution >= 0.6 is 0 Å². The van der Waals surface area contributed by atoms with Crippen LogP contribution < -0.4 is 0 Å². The number of aromatic nitrogens is 2. The number of hydrogen-bond donors (Lipinski definition) is 0. The molecule has 2 nitrogen and oxygen atoms in total. The van der Waals surface area contributed by atoms with Crippen molar-refractivity contribution in [2.24, 2.45) is 0 Å². The lowest BCUT2D eigenvalue weighted by Crippen LogP contribution is -2.27. The van der Waals surface area contributed by atoms with E-state index < -0.39 is 11.8 Å². The monoisotopic (exact) mass is 249 g/mol. The molecule has 0 saturated carbocycles. The lowest BCUT2D eigenvalue weighted by atomic mass is 9.90. The van der Waals surface area contributed by atoms with Gasteiger partial charge in [0.15, 0.2) is 0 Å². The minimum Gasteiger partial charge on any atom is -0.231 e. The average Bonchev–Trinajstić information content (AvgIpc) is 2.79. The summed E-state index contributed by atoms with van der Waals surface area (Å²) in [6.07, 6.45) is 0.423. The summed E-state index contributed by atoms with van der Waals surface area (Å²) in [6, 6.07) is 9.19. The fourth-order valence-corrected chi connectivity index (χ4v) is 1.53. The van der Waals surface area contributed by atoms with Gasteiger partial charge in [-0.1, -0.05) is 17.7 Å². The Kier molecular flexibility index (Phi) is 3.20. The Morgan fingerprint density at radius 3 is 2.39 bits per heavy atom. The van der Waals surface area contributed by atoms with Gasteiger partial charge in [0.2, 0.25) is 6.43 Å². The number of alkyl halides is 2. The molecule has 0 N–H and O–H groups in total. The van der Waals surface area contributed by atoms with E-state index in [9.17, 15) is 8.78 Å². The number of halogens is 2. The first-order valence-electron chi connectivity index (χ1n) is 5.74. The molecule has 2 rings (SSSR count). The molecule has 0 unspecified atom stereocenters. The van der Waals surface area contributed by atoms with Crippen molar-refractivity contribution >= 4 is 0 Å². The van der Waals surface area contributed by atoms with Crippen LogP contribution in [0.25, 0.3) is 5.69 Å². The first-order valence-corrected chi connectivity index (χ1v) is 5.74. The third-order valence-corrected chi connectivity index (χ3v) is 3.02. The number of nitrogens with zero attached hydrogens (tertiary/aromatic N) is 2. The molecule has 1 aromatic heterocycles. The van der Waals surface area contributed by atoms with Gasteiger partial charge in [0.25, 0.3) is 0 Å². The van der Waals surface area contributed by atoms with Crippen molar-refractivity contribution in [1.82, 2.24) is 9.78 Å². The number of rotatable bonds is 3. The van der Waals surface area contributed by atoms with Gasteiger partial charge < -0.3 is 0 Å². The van der Waals surface area contributed by atoms with Crippen LogP contribution in [0.3, 0.4) is 0 Å². The van der Waals surface area contributed by atoms with Crippen LogP contribution in [0.1, 0.15) is 25.1 Å². The summed E-state index contributed by atoms with van der Waals surface area (Å²) in [5.41, 5.74) is 1.04. The maximum Gasteiger partial charge on any atom is 0.249 e. The van der Waals surface area contributed by atoms with E-state index in [1.165, 1.54) is 24.6 Å². The summed E-state index contributed by atoms with van der Waals surface area (Å²) in [5.74, 6) is 0. The fraction of sp³-hybridized carbons (Fsp3) is 0.357. The van der Waals surface area contributed by atoms with E-state index in [0.717, 1.165) is 11.3 Å². The van der Waals surface area contributed by atoms with Gasteiger partial charge in [-0.05, 0) is 39.0 Å². The maximum atomic E-state index is 12.9. The van der Waals surface area contributed by atoms with Gasteiger partial charge in [-0.2, -0.15) is 5.10 Å². The molecule has 1 aromatic carbocycles. The van der Waals surface area contributed by atoms with Crippen molar-refractivity contribution in [2.75, 3.05) is 0 Å². The number of aryl methyl sites for hydroxylation is 1. The molecule has 0 bridgehead atoms. The van der Waals surface area contributed by atoms with Crippen molar-refractivity contribution in [1.29, 1.82) is 0 Å². The van der Waals surface area contributed by atoms with Crippen LogP contribution in [-0.2, 0) is 5.41 Å². The van der Waals surface area contributed by atoms with E-state index in [2.05, 4.69) is 11.3 Å². The van der Waals surface area contributed by atoms with E-state index in [1.807, 2.05) is 31.2 Å². The van der Waals surface area contributed by atoms with E-state index in [4.69, 9.17) is 0 Å². The van der Waals surface area contributed by atoms with Gasteiger partial charge in [0, 0.05) is 0 Å². The molecule has 0 saturated heterocycles. The average molecular weight is 249 g/mol. The van der Waals surface area contributed by atoms with Gasteiger partial charge in [0.05, 0.1) is 23.0 Å². The Labute approximate surface area is 105 Å². The first-order chi connectivity index (χ1) is 8.41. The largest absolute Gasteiger partial charge is 0.249 e. The molecular weight excluding hydrogens is 234 g/mol. The topological polar surface area (TPSA) is 17.8 Å². The lowest BCUT2D eigenvalue weighted by Gasteiger charge is -2.20. The van der Waals surface area contributed by atoms with Gasteiger partial charge >= 0.3 is 0 Å². The summed E-state index contributed by atoms with van der Waals surface area (Å²) >= 11 is 0. The molecule has 1 radical (unpaired) electrons. The van der Waals surface area contributed by atoms with Crippen LogP contribution in [0.15, 0.2) is 30.3 Å². The summed E-state index contributed by atoms with van der Waals surface area (Å²) in [4.78, 5) is 0. The second kappa shape index (κ2) is 4.52. The van der Waals surface area contributed by atoms with Crippen LogP contribution in [0, 0.1) is 13.1 Å². The second-order valence-corrected chi connectivity index (χ2v) is 4.93. The highest BCUT2D eigenvalue weighted by Crippen LogP contribution is 2.28. The first kappa shape index (κ1) is 12.7. The molecule has 0 fully saturated rings. The standard InChI is InChI=1S/C14H15F2N2/c1-10-4-6-11(7-5-10)18-9-8-12(17-18)14(2,3)13(15)16/h4-8,13H,1-3H3. The summed E-state index contributed by atoms with van der Waals surface area (Å²) in [5, 5.41) is 4.18. The summed E-state index contributed by atoms with van der Waals surface area (Å²) < 4.78 is 27.3. The van der Waals surface area contributed by atoms with E-state index in [0.29, 0.717) is 5.69 Å². The zero-order valence-electron chi connectivity index (χ0n) is 10.6. The Morgan fingerprint density at radius 1 is 1.22 bits per heavy atom. The molecular formula is C14H15F2N2. The molecule has 0 aliphatic heterocycles. The van der Waals surface area contributed by atoms with Crippen LogP contribution in [0.4, 0.5) is 8.78 Å². The third kappa shape index (κ3) is 2.28. The molecule has 1 heterocycles. The molecule has 0 atom stereocenters. The highest BCUT2D eigenvalue weighted by Gasteiger charge is 2.34. The van der Waals surface area contributed by atoms with Crippen LogP contribution in [0.5, 0.6) is 0 Å². The Balaban J connectivity index is 2.34. The molecule has 0 aliphatic rings. The predicted molar refractivity (Wildman–Crippen MR) is 66.2 cm³/mol. The van der Waals surface area contributed by atoms with Gasteiger partial charge in [-0.3, -0.25) is 0 Å². The van der Waals surface area contributed by atoms with Crippen molar-refractivity contribution in [2.45, 2.75) is 32.6 Å². The normalized spacial score (nSPS) is 12.1. The Hall–Kier alpha value is -1.71. The summed E-state index contributed by atoms with van der Waals surface area (Å²) in [7, 11) is 0. The Bertz CT molecular complexity index is 527. The van der Waals surface area contributed by atoms with Crippen LogP contribution in [-0.4, -0.2) is 16.2 Å². The van der Waals surface area contributed by atoms with Gasteiger partial charge in [-0.15, -0.1) is 0 Å². The molecule has 4 heteroatoms. The smallest absolute Gasteiger partial charge is 0.231 e. The zero-order chi connectivity index (χ0) is 13.3. The quantitative estimate of drug-likeness (QED) is 0.813. The van der Waals surface area contributed by atoms with E-state index in [-0.39, 0.29) is 0 Å². The van der Waals surface area contributed by atoms with Crippen molar-refractivity contribution in [3.05, 3.63) is 47.8 Å². The van der Waals surface area contributed by atoms with Gasteiger partial charge in [0.1, 0.15) is 0 Å².